The third kappa shape index (κ3) is 3.22. The number of fused-ring (bicyclic) bond motifs is 1. The van der Waals surface area contributed by atoms with Crippen molar-refractivity contribution in [3.05, 3.63) is 53.6 Å². The third-order valence-electron chi connectivity index (χ3n) is 3.85. The maximum atomic E-state index is 4.34. The molecule has 0 N–H and O–H groups in total. The predicted molar refractivity (Wildman–Crippen MR) is 84.9 cm³/mol. The van der Waals surface area contributed by atoms with Crippen LogP contribution in [0, 0.1) is 0 Å². The van der Waals surface area contributed by atoms with E-state index in [1.807, 2.05) is 6.07 Å². The van der Waals surface area contributed by atoms with Crippen molar-refractivity contribution in [3.8, 4) is 0 Å². The fraction of sp³-hybridized carbons (Fsp3) is 0.412. The second-order valence-corrected chi connectivity index (χ2v) is 5.83. The first-order chi connectivity index (χ1) is 10.2. The van der Waals surface area contributed by atoms with Crippen molar-refractivity contribution in [1.82, 2.24) is 19.7 Å². The highest BCUT2D eigenvalue weighted by Crippen LogP contribution is 2.18. The standard InChI is InChI=1S/C17H22N4/c1-14(2)17-19-18-16-13-20(11-12-21(16)17)10-6-9-15-7-4-3-5-8-15/h3-9,14H,10-13H2,1-2H3/b9-6-. The van der Waals surface area contributed by atoms with Crippen molar-refractivity contribution in [2.24, 2.45) is 0 Å². The zero-order chi connectivity index (χ0) is 14.7. The minimum absolute atomic E-state index is 0.441. The lowest BCUT2D eigenvalue weighted by molar-refractivity contribution is 0.237. The zero-order valence-electron chi connectivity index (χ0n) is 12.7. The molecule has 0 saturated heterocycles. The fourth-order valence-corrected chi connectivity index (χ4v) is 2.72. The van der Waals surface area contributed by atoms with Crippen LogP contribution in [-0.2, 0) is 13.1 Å². The van der Waals surface area contributed by atoms with Crippen molar-refractivity contribution in [2.45, 2.75) is 32.9 Å². The van der Waals surface area contributed by atoms with Gasteiger partial charge in [0.25, 0.3) is 0 Å². The van der Waals surface area contributed by atoms with Crippen LogP contribution < -0.4 is 0 Å². The highest BCUT2D eigenvalue weighted by atomic mass is 15.3. The Kier molecular flexibility index (Phi) is 4.15. The lowest BCUT2D eigenvalue weighted by Gasteiger charge is -2.27. The second kappa shape index (κ2) is 6.22. The Bertz CT molecular complexity index is 613. The van der Waals surface area contributed by atoms with Crippen LogP contribution in [0.5, 0.6) is 0 Å². The Morgan fingerprint density at radius 1 is 1.14 bits per heavy atom. The number of benzene rings is 1. The topological polar surface area (TPSA) is 34.0 Å². The molecule has 4 nitrogen and oxygen atoms in total. The molecule has 0 aliphatic carbocycles. The van der Waals surface area contributed by atoms with Crippen LogP contribution in [0.15, 0.2) is 36.4 Å². The van der Waals surface area contributed by atoms with Crippen molar-refractivity contribution in [1.29, 1.82) is 0 Å². The van der Waals surface area contributed by atoms with E-state index in [-0.39, 0.29) is 0 Å². The van der Waals surface area contributed by atoms with Crippen LogP contribution in [0.3, 0.4) is 0 Å². The molecule has 0 radical (unpaired) electrons. The monoisotopic (exact) mass is 282 g/mol. The van der Waals surface area contributed by atoms with Gasteiger partial charge >= 0.3 is 0 Å². The normalized spacial score (nSPS) is 15.8. The van der Waals surface area contributed by atoms with Crippen LogP contribution in [0.4, 0.5) is 0 Å². The Labute approximate surface area is 126 Å². The van der Waals surface area contributed by atoms with Gasteiger partial charge in [0.05, 0.1) is 6.54 Å². The molecule has 2 heterocycles. The predicted octanol–water partition coefficient (Wildman–Crippen LogP) is 2.93. The van der Waals surface area contributed by atoms with Gasteiger partial charge in [0.15, 0.2) is 0 Å². The number of aromatic nitrogens is 3. The minimum Gasteiger partial charge on any atom is -0.312 e. The molecule has 0 spiro atoms. The summed E-state index contributed by atoms with van der Waals surface area (Å²) >= 11 is 0. The fourth-order valence-electron chi connectivity index (χ4n) is 2.72. The average molecular weight is 282 g/mol. The van der Waals surface area contributed by atoms with Gasteiger partial charge in [0, 0.05) is 25.6 Å². The summed E-state index contributed by atoms with van der Waals surface area (Å²) in [5.41, 5.74) is 1.25. The van der Waals surface area contributed by atoms with Crippen LogP contribution in [0.1, 0.15) is 37.0 Å². The first-order valence-electron chi connectivity index (χ1n) is 7.60. The van der Waals surface area contributed by atoms with E-state index >= 15 is 0 Å². The molecular formula is C17H22N4. The first-order valence-corrected chi connectivity index (χ1v) is 7.60. The quantitative estimate of drug-likeness (QED) is 0.864. The van der Waals surface area contributed by atoms with Gasteiger partial charge in [-0.2, -0.15) is 0 Å². The van der Waals surface area contributed by atoms with Gasteiger partial charge in [-0.05, 0) is 5.56 Å². The number of hydrogen-bond acceptors (Lipinski definition) is 3. The summed E-state index contributed by atoms with van der Waals surface area (Å²) in [6.45, 7) is 8.25. The number of rotatable bonds is 4. The van der Waals surface area contributed by atoms with E-state index in [4.69, 9.17) is 0 Å². The van der Waals surface area contributed by atoms with E-state index < -0.39 is 0 Å². The van der Waals surface area contributed by atoms with E-state index in [1.165, 1.54) is 5.56 Å². The summed E-state index contributed by atoms with van der Waals surface area (Å²) < 4.78 is 2.28. The molecule has 0 amide bonds. The number of nitrogens with zero attached hydrogens (tertiary/aromatic N) is 4. The summed E-state index contributed by atoms with van der Waals surface area (Å²) in [5.74, 6) is 2.65. The molecule has 4 heteroatoms. The molecule has 0 atom stereocenters. The van der Waals surface area contributed by atoms with Crippen molar-refractivity contribution in [3.63, 3.8) is 0 Å². The van der Waals surface area contributed by atoms with E-state index in [1.54, 1.807) is 0 Å². The van der Waals surface area contributed by atoms with Crippen molar-refractivity contribution in [2.75, 3.05) is 13.1 Å². The molecule has 3 rings (SSSR count). The minimum atomic E-state index is 0.441. The maximum Gasteiger partial charge on any atom is 0.147 e. The molecule has 1 aromatic carbocycles. The van der Waals surface area contributed by atoms with Gasteiger partial charge in [0.1, 0.15) is 11.6 Å². The molecule has 1 aliphatic rings. The summed E-state index contributed by atoms with van der Waals surface area (Å²) in [6.07, 6.45) is 4.41. The van der Waals surface area contributed by atoms with Crippen LogP contribution in [0.25, 0.3) is 6.08 Å². The van der Waals surface area contributed by atoms with Crippen molar-refractivity contribution < 1.29 is 0 Å². The molecule has 1 aromatic heterocycles. The van der Waals surface area contributed by atoms with E-state index in [0.717, 1.165) is 37.8 Å². The Balaban J connectivity index is 1.61. The molecule has 2 aromatic rings. The van der Waals surface area contributed by atoms with Gasteiger partial charge in [-0.15, -0.1) is 10.2 Å². The van der Waals surface area contributed by atoms with E-state index in [0.29, 0.717) is 5.92 Å². The van der Waals surface area contributed by atoms with Gasteiger partial charge in [-0.1, -0.05) is 56.3 Å². The van der Waals surface area contributed by atoms with E-state index in [9.17, 15) is 0 Å². The summed E-state index contributed by atoms with van der Waals surface area (Å²) in [6, 6.07) is 10.4. The van der Waals surface area contributed by atoms with Gasteiger partial charge in [-0.3, -0.25) is 4.90 Å². The summed E-state index contributed by atoms with van der Waals surface area (Å²) in [7, 11) is 0. The van der Waals surface area contributed by atoms with Crippen molar-refractivity contribution >= 4 is 6.08 Å². The average Bonchev–Trinajstić information content (AvgIpc) is 2.91. The zero-order valence-corrected chi connectivity index (χ0v) is 12.7. The Morgan fingerprint density at radius 3 is 2.71 bits per heavy atom. The third-order valence-corrected chi connectivity index (χ3v) is 3.85. The van der Waals surface area contributed by atoms with Crippen LogP contribution in [-0.4, -0.2) is 32.8 Å². The molecule has 0 bridgehead atoms. The van der Waals surface area contributed by atoms with Crippen LogP contribution >= 0.6 is 0 Å². The van der Waals surface area contributed by atoms with Gasteiger partial charge in [-0.25, -0.2) is 0 Å². The highest BCUT2D eigenvalue weighted by Gasteiger charge is 2.21. The molecule has 110 valence electrons. The number of hydrogen-bond donors (Lipinski definition) is 0. The largest absolute Gasteiger partial charge is 0.312 e. The highest BCUT2D eigenvalue weighted by molar-refractivity contribution is 5.48. The molecule has 1 aliphatic heterocycles. The summed E-state index contributed by atoms with van der Waals surface area (Å²) in [5, 5.41) is 8.67. The summed E-state index contributed by atoms with van der Waals surface area (Å²) in [4.78, 5) is 2.41. The molecule has 0 fully saturated rings. The maximum absolute atomic E-state index is 4.34. The molecular weight excluding hydrogens is 260 g/mol. The Hall–Kier alpha value is -1.94. The Morgan fingerprint density at radius 2 is 1.95 bits per heavy atom. The molecule has 0 saturated carbocycles. The molecule has 21 heavy (non-hydrogen) atoms. The van der Waals surface area contributed by atoms with Gasteiger partial charge < -0.3 is 4.57 Å². The lowest BCUT2D eigenvalue weighted by Crippen LogP contribution is -2.34. The lowest BCUT2D eigenvalue weighted by atomic mass is 10.2. The molecule has 0 unspecified atom stereocenters. The first kappa shape index (κ1) is 14.0. The second-order valence-electron chi connectivity index (χ2n) is 5.83. The van der Waals surface area contributed by atoms with E-state index in [2.05, 4.69) is 69.9 Å². The smallest absolute Gasteiger partial charge is 0.147 e. The SMILES string of the molecule is CC(C)c1nnc2n1CCN(C/C=C\c1ccccc1)C2. The van der Waals surface area contributed by atoms with Crippen LogP contribution in [0.2, 0.25) is 0 Å². The van der Waals surface area contributed by atoms with Gasteiger partial charge in [0.2, 0.25) is 0 Å².